The van der Waals surface area contributed by atoms with Gasteiger partial charge < -0.3 is 19.8 Å². The van der Waals surface area contributed by atoms with Crippen molar-refractivity contribution in [1.29, 1.82) is 0 Å². The maximum absolute atomic E-state index is 12.6. The van der Waals surface area contributed by atoms with E-state index in [2.05, 4.69) is 25.4 Å². The molecule has 2 saturated heterocycles. The first-order chi connectivity index (χ1) is 14.1. The largest absolute Gasteiger partial charge is 0.431 e. The predicted molar refractivity (Wildman–Crippen MR) is 101 cm³/mol. The smallest absolute Gasteiger partial charge is 0.387 e. The maximum atomic E-state index is 12.6. The highest BCUT2D eigenvalue weighted by atomic mass is 19.3. The number of alkyl halides is 2. The Bertz CT molecular complexity index is 931. The van der Waals surface area contributed by atoms with Gasteiger partial charge in [-0.25, -0.2) is 9.97 Å². The second-order valence-electron chi connectivity index (χ2n) is 8.62. The van der Waals surface area contributed by atoms with E-state index in [9.17, 15) is 8.78 Å². The molecule has 29 heavy (non-hydrogen) atoms. The average Bonchev–Trinajstić information content (AvgIpc) is 3.51. The molecule has 0 radical (unpaired) electrons. The lowest BCUT2D eigenvalue weighted by atomic mass is 10.2. The Morgan fingerprint density at radius 1 is 1.21 bits per heavy atom. The van der Waals surface area contributed by atoms with E-state index in [1.807, 2.05) is 0 Å². The van der Waals surface area contributed by atoms with E-state index in [0.717, 1.165) is 50.7 Å². The molecule has 6 rings (SSSR count). The van der Waals surface area contributed by atoms with Crippen LogP contribution in [0.15, 0.2) is 18.5 Å². The molecule has 2 aromatic heterocycles. The van der Waals surface area contributed by atoms with Crippen molar-refractivity contribution in [1.82, 2.24) is 19.4 Å². The van der Waals surface area contributed by atoms with Gasteiger partial charge in [0.15, 0.2) is 11.6 Å². The van der Waals surface area contributed by atoms with Gasteiger partial charge in [-0.1, -0.05) is 0 Å². The second kappa shape index (κ2) is 6.37. The van der Waals surface area contributed by atoms with Crippen molar-refractivity contribution < 1.29 is 18.3 Å². The van der Waals surface area contributed by atoms with Gasteiger partial charge in [-0.05, 0) is 30.7 Å². The van der Waals surface area contributed by atoms with E-state index in [1.54, 1.807) is 6.20 Å². The summed E-state index contributed by atoms with van der Waals surface area (Å²) in [5.74, 6) is 2.79. The molecule has 4 aliphatic rings. The summed E-state index contributed by atoms with van der Waals surface area (Å²) in [5.41, 5.74) is 7.07. The quantitative estimate of drug-likeness (QED) is 0.799. The number of nitrogens with zero attached hydrogens (tertiary/aromatic N) is 4. The number of piperidine rings is 1. The van der Waals surface area contributed by atoms with Gasteiger partial charge in [-0.15, -0.1) is 0 Å². The van der Waals surface area contributed by atoms with Crippen LogP contribution in [0.2, 0.25) is 0 Å². The summed E-state index contributed by atoms with van der Waals surface area (Å²) in [6.45, 7) is 1.02. The Morgan fingerprint density at radius 3 is 2.59 bits per heavy atom. The van der Waals surface area contributed by atoms with Crippen LogP contribution in [0.5, 0.6) is 5.75 Å². The maximum Gasteiger partial charge on any atom is 0.387 e. The fraction of sp³-hybridized carbons (Fsp3) is 0.600. The number of rotatable bonds is 6. The van der Waals surface area contributed by atoms with Crippen LogP contribution < -0.4 is 10.5 Å². The molecule has 0 spiro atoms. The fourth-order valence-corrected chi connectivity index (χ4v) is 4.89. The molecule has 2 N–H and O–H groups in total. The molecule has 0 aromatic carbocycles. The topological polar surface area (TPSA) is 78.4 Å². The van der Waals surface area contributed by atoms with Crippen LogP contribution in [0, 0.1) is 11.8 Å². The van der Waals surface area contributed by atoms with Crippen LogP contribution in [-0.4, -0.2) is 58.4 Å². The molecule has 2 aromatic rings. The highest BCUT2D eigenvalue weighted by Crippen LogP contribution is 2.58. The molecule has 4 heterocycles. The molecule has 0 amide bonds. The zero-order valence-electron chi connectivity index (χ0n) is 15.9. The number of hydrogen-bond acceptors (Lipinski definition) is 6. The third-order valence-electron chi connectivity index (χ3n) is 6.73. The van der Waals surface area contributed by atoms with Crippen molar-refractivity contribution in [3.63, 3.8) is 0 Å². The number of ether oxygens (including phenoxy) is 2. The number of pyridine rings is 1. The van der Waals surface area contributed by atoms with Crippen LogP contribution in [0.4, 0.5) is 14.6 Å². The van der Waals surface area contributed by atoms with Crippen molar-refractivity contribution in [2.75, 3.05) is 32.0 Å². The van der Waals surface area contributed by atoms with Crippen molar-refractivity contribution in [3.8, 4) is 17.0 Å². The molecule has 0 unspecified atom stereocenters. The number of imidazole rings is 1. The Hall–Kier alpha value is -2.26. The molecule has 2 aliphatic carbocycles. The second-order valence-corrected chi connectivity index (χ2v) is 8.62. The van der Waals surface area contributed by atoms with Gasteiger partial charge >= 0.3 is 6.61 Å². The summed E-state index contributed by atoms with van der Waals surface area (Å²) in [6, 6.07) is 2.59. The van der Waals surface area contributed by atoms with Crippen LogP contribution in [0.25, 0.3) is 11.3 Å². The zero-order valence-corrected chi connectivity index (χ0v) is 15.9. The van der Waals surface area contributed by atoms with Crippen LogP contribution >= 0.6 is 0 Å². The molecular formula is C20H23F2N5O2. The summed E-state index contributed by atoms with van der Waals surface area (Å²) >= 11 is 0. The van der Waals surface area contributed by atoms with E-state index < -0.39 is 6.61 Å². The third kappa shape index (κ3) is 2.98. The summed E-state index contributed by atoms with van der Waals surface area (Å²) in [4.78, 5) is 11.4. The molecule has 0 bridgehead atoms. The van der Waals surface area contributed by atoms with Crippen molar-refractivity contribution in [2.45, 2.75) is 37.5 Å². The molecular weight excluding hydrogens is 380 g/mol. The minimum atomic E-state index is -2.94. The average molecular weight is 403 g/mol. The summed E-state index contributed by atoms with van der Waals surface area (Å²) in [5, 5.41) is 0. The molecule has 4 fully saturated rings. The number of likely N-dealkylation sites (tertiary alicyclic amines) is 1. The van der Waals surface area contributed by atoms with Gasteiger partial charge in [0.05, 0.1) is 24.9 Å². The fourth-order valence-electron chi connectivity index (χ4n) is 4.89. The van der Waals surface area contributed by atoms with Gasteiger partial charge in [-0.2, -0.15) is 8.78 Å². The minimum Gasteiger partial charge on any atom is -0.431 e. The van der Waals surface area contributed by atoms with E-state index in [0.29, 0.717) is 35.4 Å². The highest BCUT2D eigenvalue weighted by molar-refractivity contribution is 5.64. The van der Waals surface area contributed by atoms with Gasteiger partial charge in [0, 0.05) is 43.0 Å². The number of hydrogen-bond donors (Lipinski definition) is 1. The van der Waals surface area contributed by atoms with E-state index >= 15 is 0 Å². The number of anilines is 1. The lowest BCUT2D eigenvalue weighted by molar-refractivity contribution is -0.0616. The third-order valence-corrected chi connectivity index (χ3v) is 6.73. The van der Waals surface area contributed by atoms with Crippen molar-refractivity contribution in [2.24, 2.45) is 11.8 Å². The number of nitrogen functional groups attached to an aromatic ring is 1. The van der Waals surface area contributed by atoms with E-state index in [4.69, 9.17) is 15.5 Å². The van der Waals surface area contributed by atoms with Gasteiger partial charge in [0.25, 0.3) is 0 Å². The first-order valence-electron chi connectivity index (χ1n) is 10.2. The van der Waals surface area contributed by atoms with Gasteiger partial charge in [-0.3, -0.25) is 4.90 Å². The van der Waals surface area contributed by atoms with Crippen molar-refractivity contribution >= 4 is 5.82 Å². The number of fused-ring (bicyclic) bond motifs is 1. The van der Waals surface area contributed by atoms with Crippen LogP contribution in [-0.2, 0) is 4.74 Å². The monoisotopic (exact) mass is 403 g/mol. The molecule has 2 aliphatic heterocycles. The standard InChI is InChI=1S/C20H23F2N5O2/c21-20(22)29-16-3-11(4-24-18(16)23)15-7-27(19(25-15)10-1-2-10)17-13-5-26(6-14(13)17)12-8-28-9-12/h3-4,7,10,12-14,17,20H,1-2,5-6,8-9H2,(H2,23,24)/t13-,14+,17+. The predicted octanol–water partition coefficient (Wildman–Crippen LogP) is 2.51. The summed E-state index contributed by atoms with van der Waals surface area (Å²) in [7, 11) is 0. The van der Waals surface area contributed by atoms with Crippen LogP contribution in [0.1, 0.15) is 30.6 Å². The Kier molecular flexibility index (Phi) is 3.86. The van der Waals surface area contributed by atoms with Gasteiger partial charge in [0.1, 0.15) is 5.82 Å². The molecule has 3 atom stereocenters. The van der Waals surface area contributed by atoms with Crippen molar-refractivity contribution in [3.05, 3.63) is 24.3 Å². The summed E-state index contributed by atoms with van der Waals surface area (Å²) in [6.07, 6.45) is 5.95. The molecule has 7 nitrogen and oxygen atoms in total. The first kappa shape index (κ1) is 17.6. The normalized spacial score (nSPS) is 29.1. The SMILES string of the molecule is Nc1ncc(-c2cn([C@H]3[C@@H]4CN(C5COC5)C[C@@H]43)c(C3CC3)n2)cc1OC(F)F. The summed E-state index contributed by atoms with van der Waals surface area (Å²) < 4.78 is 37.5. The highest BCUT2D eigenvalue weighted by Gasteiger charge is 2.59. The number of nitrogens with two attached hydrogens (primary N) is 1. The zero-order chi connectivity index (χ0) is 19.7. The van der Waals surface area contributed by atoms with Crippen LogP contribution in [0.3, 0.4) is 0 Å². The Labute approximate surface area is 166 Å². The lowest BCUT2D eigenvalue weighted by Gasteiger charge is -2.36. The van der Waals surface area contributed by atoms with E-state index in [1.165, 1.54) is 6.07 Å². The first-order valence-corrected chi connectivity index (χ1v) is 10.2. The van der Waals surface area contributed by atoms with E-state index in [-0.39, 0.29) is 11.6 Å². The molecule has 9 heteroatoms. The Morgan fingerprint density at radius 2 is 1.97 bits per heavy atom. The molecule has 2 saturated carbocycles. The molecule has 154 valence electrons. The van der Waals surface area contributed by atoms with Gasteiger partial charge in [0.2, 0.25) is 0 Å². The number of aromatic nitrogens is 3. The lowest BCUT2D eigenvalue weighted by Crippen LogP contribution is -2.49. The Balaban J connectivity index is 1.27. The minimum absolute atomic E-state index is 0.0484. The number of halogens is 2.